The van der Waals surface area contributed by atoms with Crippen LogP contribution >= 0.6 is 0 Å². The first kappa shape index (κ1) is 22.9. The molecule has 2 heteroatoms. The van der Waals surface area contributed by atoms with E-state index in [4.69, 9.17) is 9.47 Å². The van der Waals surface area contributed by atoms with Gasteiger partial charge in [0.2, 0.25) is 0 Å². The molecule has 190 valence electrons. The molecule has 6 aromatic carbocycles. The van der Waals surface area contributed by atoms with Gasteiger partial charge in [-0.3, -0.25) is 0 Å². The Hall–Kier alpha value is -5.08. The number of rotatable bonds is 3. The van der Waals surface area contributed by atoms with Gasteiger partial charge in [0.25, 0.3) is 0 Å². The van der Waals surface area contributed by atoms with Crippen molar-refractivity contribution in [3.8, 4) is 34.1 Å². The van der Waals surface area contributed by atoms with E-state index in [1.807, 2.05) is 24.3 Å². The second kappa shape index (κ2) is 9.29. The Labute approximate surface area is 234 Å². The monoisotopic (exact) mass is 514 g/mol. The predicted octanol–water partition coefficient (Wildman–Crippen LogP) is 9.93. The van der Waals surface area contributed by atoms with Crippen molar-refractivity contribution in [2.24, 2.45) is 0 Å². The Balaban J connectivity index is 1.37. The molecule has 0 radical (unpaired) electrons. The van der Waals surface area contributed by atoms with Crippen LogP contribution in [0.25, 0.3) is 11.1 Å². The van der Waals surface area contributed by atoms with Crippen LogP contribution in [0.5, 0.6) is 23.0 Å². The van der Waals surface area contributed by atoms with E-state index in [0.717, 1.165) is 23.0 Å². The quantitative estimate of drug-likeness (QED) is 0.234. The molecule has 6 aromatic rings. The Morgan fingerprint density at radius 2 is 0.525 bits per heavy atom. The summed E-state index contributed by atoms with van der Waals surface area (Å²) in [7, 11) is 0. The van der Waals surface area contributed by atoms with Crippen molar-refractivity contribution in [3.63, 3.8) is 0 Å². The molecule has 0 bridgehead atoms. The van der Waals surface area contributed by atoms with Gasteiger partial charge in [-0.25, -0.2) is 0 Å². The molecule has 0 saturated heterocycles. The molecule has 0 atom stereocenters. The van der Waals surface area contributed by atoms with E-state index in [2.05, 4.69) is 121 Å². The Morgan fingerprint density at radius 3 is 0.850 bits per heavy atom. The van der Waals surface area contributed by atoms with Crippen LogP contribution in [-0.4, -0.2) is 0 Å². The topological polar surface area (TPSA) is 18.5 Å². The number of fused-ring (bicyclic) bond motifs is 4. The van der Waals surface area contributed by atoms with E-state index in [0.29, 0.717) is 0 Å². The van der Waals surface area contributed by atoms with Gasteiger partial charge in [-0.05, 0) is 46.5 Å². The van der Waals surface area contributed by atoms with Crippen LogP contribution in [0.1, 0.15) is 45.2 Å². The van der Waals surface area contributed by atoms with E-state index in [-0.39, 0.29) is 11.8 Å². The van der Waals surface area contributed by atoms with Crippen LogP contribution in [0, 0.1) is 0 Å². The lowest BCUT2D eigenvalue weighted by atomic mass is 9.76. The van der Waals surface area contributed by atoms with Gasteiger partial charge in [-0.15, -0.1) is 0 Å². The standard InChI is InChI=1S/C38H26O2/c1-3-15-27(37-29-17-5-9-21-33(29)39-34-22-10-6-18-30(34)37)25(13-1)26-14-2-4-16-28(26)38-31-19-7-11-23-35(31)40-36-24-12-8-20-32(36)38/h1-24,37-38H. The van der Waals surface area contributed by atoms with Crippen molar-refractivity contribution in [3.05, 3.63) is 179 Å². The van der Waals surface area contributed by atoms with Gasteiger partial charge >= 0.3 is 0 Å². The Bertz CT molecular complexity index is 1660. The fourth-order valence-electron chi connectivity index (χ4n) is 6.48. The summed E-state index contributed by atoms with van der Waals surface area (Å²) in [6, 6.07) is 51.4. The first-order valence-electron chi connectivity index (χ1n) is 13.8. The molecule has 2 aliphatic heterocycles. The van der Waals surface area contributed by atoms with Crippen molar-refractivity contribution in [1.29, 1.82) is 0 Å². The number of hydrogen-bond donors (Lipinski definition) is 0. The van der Waals surface area contributed by atoms with Gasteiger partial charge in [0.15, 0.2) is 0 Å². The highest BCUT2D eigenvalue weighted by Gasteiger charge is 2.33. The lowest BCUT2D eigenvalue weighted by Gasteiger charge is -2.32. The summed E-state index contributed by atoms with van der Waals surface area (Å²) < 4.78 is 12.7. The highest BCUT2D eigenvalue weighted by atomic mass is 16.5. The molecule has 0 spiro atoms. The minimum absolute atomic E-state index is 0.0552. The van der Waals surface area contributed by atoms with Crippen LogP contribution < -0.4 is 9.47 Å². The van der Waals surface area contributed by atoms with Gasteiger partial charge in [-0.2, -0.15) is 0 Å². The predicted molar refractivity (Wildman–Crippen MR) is 160 cm³/mol. The first-order valence-corrected chi connectivity index (χ1v) is 13.8. The summed E-state index contributed by atoms with van der Waals surface area (Å²) in [5.41, 5.74) is 9.76. The van der Waals surface area contributed by atoms with Crippen molar-refractivity contribution >= 4 is 0 Å². The molecule has 0 fully saturated rings. The van der Waals surface area contributed by atoms with Crippen molar-refractivity contribution < 1.29 is 9.47 Å². The third kappa shape index (κ3) is 3.57. The van der Waals surface area contributed by atoms with Crippen LogP contribution in [0.4, 0.5) is 0 Å². The normalized spacial score (nSPS) is 13.7. The summed E-state index contributed by atoms with van der Waals surface area (Å²) in [4.78, 5) is 0. The largest absolute Gasteiger partial charge is 0.457 e. The fourth-order valence-corrected chi connectivity index (χ4v) is 6.48. The minimum Gasteiger partial charge on any atom is -0.457 e. The molecule has 2 heterocycles. The average Bonchev–Trinajstić information content (AvgIpc) is 3.02. The summed E-state index contributed by atoms with van der Waals surface area (Å²) in [5.74, 6) is 3.78. The number of hydrogen-bond acceptors (Lipinski definition) is 2. The minimum atomic E-state index is 0.0552. The molecule has 2 nitrogen and oxygen atoms in total. The SMILES string of the molecule is c1ccc2c(c1)Oc1ccccc1C2c1ccccc1-c1ccccc1C1c2ccccc2Oc2ccccc21. The Morgan fingerprint density at radius 1 is 0.275 bits per heavy atom. The molecular formula is C38H26O2. The molecule has 8 rings (SSSR count). The van der Waals surface area contributed by atoms with Gasteiger partial charge < -0.3 is 9.47 Å². The molecule has 0 unspecified atom stereocenters. The number of benzene rings is 6. The number of para-hydroxylation sites is 4. The molecule has 0 amide bonds. The second-order valence-electron chi connectivity index (χ2n) is 10.4. The van der Waals surface area contributed by atoms with E-state index in [9.17, 15) is 0 Å². The summed E-state index contributed by atoms with van der Waals surface area (Å²) >= 11 is 0. The van der Waals surface area contributed by atoms with Gasteiger partial charge in [0, 0.05) is 34.1 Å². The van der Waals surface area contributed by atoms with E-state index >= 15 is 0 Å². The lowest BCUT2D eigenvalue weighted by molar-refractivity contribution is 0.452. The fraction of sp³-hybridized carbons (Fsp3) is 0.0526. The molecule has 0 aliphatic carbocycles. The zero-order valence-electron chi connectivity index (χ0n) is 21.8. The highest BCUT2D eigenvalue weighted by molar-refractivity contribution is 5.77. The molecule has 2 aliphatic rings. The van der Waals surface area contributed by atoms with Gasteiger partial charge in [0.1, 0.15) is 23.0 Å². The van der Waals surface area contributed by atoms with E-state index in [1.54, 1.807) is 0 Å². The third-order valence-electron chi connectivity index (χ3n) is 8.19. The molecule has 0 aromatic heterocycles. The molecular weight excluding hydrogens is 488 g/mol. The summed E-state index contributed by atoms with van der Waals surface area (Å²) in [6.07, 6.45) is 0. The van der Waals surface area contributed by atoms with E-state index in [1.165, 1.54) is 44.5 Å². The van der Waals surface area contributed by atoms with Gasteiger partial charge in [-0.1, -0.05) is 121 Å². The van der Waals surface area contributed by atoms with Crippen molar-refractivity contribution in [2.75, 3.05) is 0 Å². The van der Waals surface area contributed by atoms with Crippen molar-refractivity contribution in [1.82, 2.24) is 0 Å². The molecule has 0 saturated carbocycles. The van der Waals surface area contributed by atoms with Crippen LogP contribution in [0.15, 0.2) is 146 Å². The molecule has 0 N–H and O–H groups in total. The second-order valence-corrected chi connectivity index (χ2v) is 10.4. The first-order chi connectivity index (χ1) is 19.9. The van der Waals surface area contributed by atoms with Crippen LogP contribution in [0.2, 0.25) is 0 Å². The number of ether oxygens (including phenoxy) is 2. The smallest absolute Gasteiger partial charge is 0.131 e. The maximum Gasteiger partial charge on any atom is 0.131 e. The van der Waals surface area contributed by atoms with Gasteiger partial charge in [0.05, 0.1) is 0 Å². The summed E-state index contributed by atoms with van der Waals surface area (Å²) in [5, 5.41) is 0. The average molecular weight is 515 g/mol. The lowest BCUT2D eigenvalue weighted by Crippen LogP contribution is -2.14. The van der Waals surface area contributed by atoms with Crippen molar-refractivity contribution in [2.45, 2.75) is 11.8 Å². The zero-order chi connectivity index (χ0) is 26.5. The molecule has 40 heavy (non-hydrogen) atoms. The van der Waals surface area contributed by atoms with Crippen LogP contribution in [0.3, 0.4) is 0 Å². The zero-order valence-corrected chi connectivity index (χ0v) is 21.8. The van der Waals surface area contributed by atoms with Crippen LogP contribution in [-0.2, 0) is 0 Å². The third-order valence-corrected chi connectivity index (χ3v) is 8.19. The summed E-state index contributed by atoms with van der Waals surface area (Å²) in [6.45, 7) is 0. The maximum atomic E-state index is 6.36. The highest BCUT2D eigenvalue weighted by Crippen LogP contribution is 2.52. The van der Waals surface area contributed by atoms with E-state index < -0.39 is 0 Å². The maximum absolute atomic E-state index is 6.36. The Kier molecular flexibility index (Phi) is 5.31.